The van der Waals surface area contributed by atoms with E-state index in [9.17, 15) is 0 Å². The first kappa shape index (κ1) is 8.93. The van der Waals surface area contributed by atoms with Gasteiger partial charge in [-0.15, -0.1) is 0 Å². The summed E-state index contributed by atoms with van der Waals surface area (Å²) in [6.45, 7) is 2.09. The minimum absolute atomic E-state index is 0.0904. The van der Waals surface area contributed by atoms with Crippen LogP contribution in [-0.2, 0) is 7.05 Å². The average Bonchev–Trinajstić information content (AvgIpc) is 2.47. The van der Waals surface area contributed by atoms with E-state index in [-0.39, 0.29) is 6.61 Å². The number of nitrogens with zero attached hydrogens (tertiary/aromatic N) is 3. The average molecular weight is 167 g/mol. The maximum Gasteiger partial charge on any atom is 0.105 e. The Bertz CT molecular complexity index is 272. The lowest BCUT2D eigenvalue weighted by Gasteiger charge is -1.95. The molecule has 1 rings (SSSR count). The molecular formula is C8H13N3O. The molecule has 4 heteroatoms. The molecule has 1 N–H and O–H groups in total. The van der Waals surface area contributed by atoms with Crippen LogP contribution in [0, 0.1) is 0 Å². The van der Waals surface area contributed by atoms with Gasteiger partial charge in [0.1, 0.15) is 5.69 Å². The molecule has 12 heavy (non-hydrogen) atoms. The summed E-state index contributed by atoms with van der Waals surface area (Å²) < 4.78 is 0. The van der Waals surface area contributed by atoms with Crippen molar-refractivity contribution in [3.05, 3.63) is 17.5 Å². The highest BCUT2D eigenvalue weighted by atomic mass is 16.3. The largest absolute Gasteiger partial charge is 0.392 e. The molecule has 0 bridgehead atoms. The standard InChI is InChI=1S/C8H13N3O/c1-3-7(6-12)4-8-5-9-11(2)10-8/h4-5,12H,3,6H2,1-2H3/b7-4-. The van der Waals surface area contributed by atoms with Gasteiger partial charge < -0.3 is 5.11 Å². The second-order valence-electron chi connectivity index (χ2n) is 2.57. The Balaban J connectivity index is 2.78. The van der Waals surface area contributed by atoms with Crippen molar-refractivity contribution in [3.63, 3.8) is 0 Å². The number of aliphatic hydroxyl groups is 1. The van der Waals surface area contributed by atoms with Crippen molar-refractivity contribution in [2.45, 2.75) is 13.3 Å². The van der Waals surface area contributed by atoms with E-state index in [1.54, 1.807) is 13.2 Å². The van der Waals surface area contributed by atoms with Crippen LogP contribution in [0.1, 0.15) is 19.0 Å². The summed E-state index contributed by atoms with van der Waals surface area (Å²) in [5.74, 6) is 0. The molecule has 66 valence electrons. The van der Waals surface area contributed by atoms with Gasteiger partial charge in [0.2, 0.25) is 0 Å². The summed E-state index contributed by atoms with van der Waals surface area (Å²) in [4.78, 5) is 1.50. The van der Waals surface area contributed by atoms with Gasteiger partial charge in [0, 0.05) is 7.05 Å². The first-order valence-electron chi connectivity index (χ1n) is 3.93. The van der Waals surface area contributed by atoms with E-state index < -0.39 is 0 Å². The molecule has 0 aliphatic carbocycles. The van der Waals surface area contributed by atoms with Crippen molar-refractivity contribution in [3.8, 4) is 0 Å². The second kappa shape index (κ2) is 4.01. The van der Waals surface area contributed by atoms with Gasteiger partial charge in [-0.2, -0.15) is 15.0 Å². The van der Waals surface area contributed by atoms with Crippen LogP contribution in [0.4, 0.5) is 0 Å². The lowest BCUT2D eigenvalue weighted by Crippen LogP contribution is -1.92. The lowest BCUT2D eigenvalue weighted by atomic mass is 10.2. The highest BCUT2D eigenvalue weighted by Crippen LogP contribution is 2.04. The minimum atomic E-state index is 0.0904. The normalized spacial score (nSPS) is 12.1. The van der Waals surface area contributed by atoms with Gasteiger partial charge in [0.05, 0.1) is 12.8 Å². The Kier molecular flexibility index (Phi) is 2.99. The van der Waals surface area contributed by atoms with Crippen molar-refractivity contribution < 1.29 is 5.11 Å². The van der Waals surface area contributed by atoms with E-state index >= 15 is 0 Å². The van der Waals surface area contributed by atoms with Crippen molar-refractivity contribution >= 4 is 6.08 Å². The second-order valence-corrected chi connectivity index (χ2v) is 2.57. The van der Waals surface area contributed by atoms with E-state index in [0.717, 1.165) is 17.7 Å². The van der Waals surface area contributed by atoms with Crippen LogP contribution in [0.2, 0.25) is 0 Å². The summed E-state index contributed by atoms with van der Waals surface area (Å²) in [7, 11) is 1.77. The molecule has 0 fully saturated rings. The molecule has 1 aromatic heterocycles. The van der Waals surface area contributed by atoms with Gasteiger partial charge in [-0.25, -0.2) is 0 Å². The third-order valence-electron chi connectivity index (χ3n) is 1.63. The van der Waals surface area contributed by atoms with Crippen molar-refractivity contribution in [2.24, 2.45) is 7.05 Å². The zero-order chi connectivity index (χ0) is 8.97. The maximum atomic E-state index is 8.87. The van der Waals surface area contributed by atoms with Gasteiger partial charge in [-0.3, -0.25) is 0 Å². The highest BCUT2D eigenvalue weighted by molar-refractivity contribution is 5.47. The third-order valence-corrected chi connectivity index (χ3v) is 1.63. The Labute approximate surface area is 71.5 Å². The molecule has 0 aliphatic heterocycles. The van der Waals surface area contributed by atoms with Crippen LogP contribution in [0.15, 0.2) is 11.8 Å². The molecule has 4 nitrogen and oxygen atoms in total. The lowest BCUT2D eigenvalue weighted by molar-refractivity contribution is 0.329. The first-order valence-corrected chi connectivity index (χ1v) is 3.93. The van der Waals surface area contributed by atoms with Crippen LogP contribution in [0.5, 0.6) is 0 Å². The number of rotatable bonds is 3. The molecule has 0 amide bonds. The molecule has 1 aromatic rings. The molecule has 0 aromatic carbocycles. The molecule has 0 saturated heterocycles. The van der Waals surface area contributed by atoms with Gasteiger partial charge in [-0.1, -0.05) is 6.92 Å². The summed E-state index contributed by atoms with van der Waals surface area (Å²) in [5.41, 5.74) is 1.76. The van der Waals surface area contributed by atoms with E-state index in [1.807, 2.05) is 13.0 Å². The zero-order valence-electron chi connectivity index (χ0n) is 7.36. The van der Waals surface area contributed by atoms with Crippen LogP contribution < -0.4 is 0 Å². The topological polar surface area (TPSA) is 50.9 Å². The molecule has 0 spiro atoms. The Morgan fingerprint density at radius 2 is 2.50 bits per heavy atom. The van der Waals surface area contributed by atoms with Crippen molar-refractivity contribution in [2.75, 3.05) is 6.61 Å². The van der Waals surface area contributed by atoms with Crippen LogP contribution in [0.3, 0.4) is 0 Å². The molecular weight excluding hydrogens is 154 g/mol. The number of aliphatic hydroxyl groups excluding tert-OH is 1. The quantitative estimate of drug-likeness (QED) is 0.717. The third kappa shape index (κ3) is 2.17. The Morgan fingerprint density at radius 1 is 1.75 bits per heavy atom. The van der Waals surface area contributed by atoms with Gasteiger partial charge in [0.25, 0.3) is 0 Å². The minimum Gasteiger partial charge on any atom is -0.392 e. The number of aromatic nitrogens is 3. The van der Waals surface area contributed by atoms with Crippen molar-refractivity contribution in [1.82, 2.24) is 15.0 Å². The molecule has 0 aliphatic rings. The van der Waals surface area contributed by atoms with E-state index in [1.165, 1.54) is 4.80 Å². The van der Waals surface area contributed by atoms with E-state index in [2.05, 4.69) is 10.2 Å². The van der Waals surface area contributed by atoms with Crippen LogP contribution in [-0.4, -0.2) is 26.7 Å². The Hall–Kier alpha value is -1.16. The predicted octanol–water partition coefficient (Wildman–Crippen LogP) is 0.601. The highest BCUT2D eigenvalue weighted by Gasteiger charge is 1.96. The number of hydrogen-bond acceptors (Lipinski definition) is 3. The first-order chi connectivity index (χ1) is 5.76. The van der Waals surface area contributed by atoms with Gasteiger partial charge in [0.15, 0.2) is 0 Å². The summed E-state index contributed by atoms with van der Waals surface area (Å²) >= 11 is 0. The number of hydrogen-bond donors (Lipinski definition) is 1. The monoisotopic (exact) mass is 167 g/mol. The molecule has 0 saturated carbocycles. The molecule has 1 heterocycles. The van der Waals surface area contributed by atoms with Crippen molar-refractivity contribution in [1.29, 1.82) is 0 Å². The summed E-state index contributed by atoms with van der Waals surface area (Å²) in [6, 6.07) is 0. The fourth-order valence-corrected chi connectivity index (χ4v) is 0.896. The summed E-state index contributed by atoms with van der Waals surface area (Å²) in [6.07, 6.45) is 4.37. The summed E-state index contributed by atoms with van der Waals surface area (Å²) in [5, 5.41) is 16.9. The number of aryl methyl sites for hydroxylation is 1. The SMILES string of the molecule is CC/C(=C/c1cnn(C)n1)CO. The molecule has 0 unspecified atom stereocenters. The fourth-order valence-electron chi connectivity index (χ4n) is 0.896. The van der Waals surface area contributed by atoms with E-state index in [0.29, 0.717) is 0 Å². The zero-order valence-corrected chi connectivity index (χ0v) is 7.36. The smallest absolute Gasteiger partial charge is 0.105 e. The Morgan fingerprint density at radius 3 is 2.92 bits per heavy atom. The fraction of sp³-hybridized carbons (Fsp3) is 0.500. The molecule has 0 atom stereocenters. The maximum absolute atomic E-state index is 8.87. The predicted molar refractivity (Wildman–Crippen MR) is 46.4 cm³/mol. The van der Waals surface area contributed by atoms with E-state index in [4.69, 9.17) is 5.11 Å². The van der Waals surface area contributed by atoms with Gasteiger partial charge in [-0.05, 0) is 18.1 Å². The van der Waals surface area contributed by atoms with Crippen LogP contribution in [0.25, 0.3) is 6.08 Å². The molecule has 0 radical (unpaired) electrons. The van der Waals surface area contributed by atoms with Gasteiger partial charge >= 0.3 is 0 Å². The van der Waals surface area contributed by atoms with Crippen LogP contribution >= 0.6 is 0 Å².